The van der Waals surface area contributed by atoms with Gasteiger partial charge < -0.3 is 19.9 Å². The molecule has 5 nitrogen and oxygen atoms in total. The van der Waals surface area contributed by atoms with Crippen LogP contribution in [0.5, 0.6) is 5.75 Å². The van der Waals surface area contributed by atoms with Crippen molar-refractivity contribution in [2.45, 2.75) is 0 Å². The minimum Gasteiger partial charge on any atom is -0.495 e. The van der Waals surface area contributed by atoms with Crippen molar-refractivity contribution in [3.63, 3.8) is 0 Å². The summed E-state index contributed by atoms with van der Waals surface area (Å²) in [6.07, 6.45) is 0. The number of piperazine rings is 1. The summed E-state index contributed by atoms with van der Waals surface area (Å²) in [5.74, 6) is -3.69. The highest BCUT2D eigenvalue weighted by atomic mass is 35.5. The number of nitrogens with zero attached hydrogens (tertiary/aromatic N) is 2. The lowest BCUT2D eigenvalue weighted by Gasteiger charge is -2.36. The maximum Gasteiger partial charge on any atom is 0.322 e. The van der Waals surface area contributed by atoms with Gasteiger partial charge in [-0.3, -0.25) is 0 Å². The molecule has 0 bridgehead atoms. The zero-order valence-corrected chi connectivity index (χ0v) is 15.2. The van der Waals surface area contributed by atoms with E-state index in [-0.39, 0.29) is 0 Å². The molecule has 27 heavy (non-hydrogen) atoms. The van der Waals surface area contributed by atoms with Gasteiger partial charge in [0.25, 0.3) is 0 Å². The number of hydrogen-bond acceptors (Lipinski definition) is 3. The van der Waals surface area contributed by atoms with Crippen molar-refractivity contribution in [3.8, 4) is 5.75 Å². The summed E-state index contributed by atoms with van der Waals surface area (Å²) in [6.45, 7) is 1.72. The minimum absolute atomic E-state index is 0.354. The van der Waals surface area contributed by atoms with Crippen LogP contribution in [0, 0.1) is 17.5 Å². The molecule has 1 saturated heterocycles. The first-order valence-electron chi connectivity index (χ1n) is 8.18. The summed E-state index contributed by atoms with van der Waals surface area (Å²) in [6, 6.07) is 6.44. The summed E-state index contributed by atoms with van der Waals surface area (Å²) in [5, 5.41) is 2.84. The Balaban J connectivity index is 1.65. The van der Waals surface area contributed by atoms with Gasteiger partial charge in [-0.25, -0.2) is 18.0 Å². The molecule has 1 aliphatic heterocycles. The van der Waals surface area contributed by atoms with E-state index in [1.54, 1.807) is 25.3 Å². The topological polar surface area (TPSA) is 44.8 Å². The molecule has 0 spiro atoms. The monoisotopic (exact) mass is 399 g/mol. The average Bonchev–Trinajstić information content (AvgIpc) is 2.68. The summed E-state index contributed by atoms with van der Waals surface area (Å²) in [7, 11) is 1.56. The van der Waals surface area contributed by atoms with Crippen LogP contribution in [0.25, 0.3) is 0 Å². The maximum atomic E-state index is 13.7. The Morgan fingerprint density at radius 1 is 1.07 bits per heavy atom. The van der Waals surface area contributed by atoms with Crippen LogP contribution in [0.4, 0.5) is 29.3 Å². The number of hydrogen-bond donors (Lipinski definition) is 1. The number of methoxy groups -OCH3 is 1. The zero-order chi connectivity index (χ0) is 19.6. The van der Waals surface area contributed by atoms with Crippen molar-refractivity contribution >= 4 is 29.0 Å². The molecule has 0 saturated carbocycles. The third-order valence-electron chi connectivity index (χ3n) is 4.33. The molecule has 2 amide bonds. The van der Waals surface area contributed by atoms with Crippen molar-refractivity contribution in [2.24, 2.45) is 0 Å². The van der Waals surface area contributed by atoms with Gasteiger partial charge in [0.2, 0.25) is 0 Å². The van der Waals surface area contributed by atoms with Crippen molar-refractivity contribution < 1.29 is 22.7 Å². The number of amides is 2. The first kappa shape index (κ1) is 19.2. The number of nitrogens with one attached hydrogen (secondary N) is 1. The second-order valence-electron chi connectivity index (χ2n) is 5.94. The van der Waals surface area contributed by atoms with E-state index in [1.807, 2.05) is 4.90 Å². The first-order chi connectivity index (χ1) is 12.9. The minimum atomic E-state index is -1.62. The normalized spacial score (nSPS) is 14.3. The molecule has 1 heterocycles. The second-order valence-corrected chi connectivity index (χ2v) is 6.38. The Morgan fingerprint density at radius 3 is 2.44 bits per heavy atom. The van der Waals surface area contributed by atoms with Crippen LogP contribution in [-0.4, -0.2) is 44.2 Å². The first-order valence-corrected chi connectivity index (χ1v) is 8.56. The largest absolute Gasteiger partial charge is 0.495 e. The number of carbonyl (C=O) groups is 1. The Hall–Kier alpha value is -2.61. The van der Waals surface area contributed by atoms with Gasteiger partial charge in [-0.05, 0) is 30.3 Å². The van der Waals surface area contributed by atoms with E-state index in [1.165, 1.54) is 4.90 Å². The summed E-state index contributed by atoms with van der Waals surface area (Å²) in [4.78, 5) is 15.8. The van der Waals surface area contributed by atoms with E-state index in [9.17, 15) is 18.0 Å². The Bertz CT molecular complexity index is 858. The van der Waals surface area contributed by atoms with Crippen LogP contribution in [-0.2, 0) is 0 Å². The van der Waals surface area contributed by atoms with Gasteiger partial charge in [-0.15, -0.1) is 0 Å². The van der Waals surface area contributed by atoms with Gasteiger partial charge >= 0.3 is 6.03 Å². The van der Waals surface area contributed by atoms with Gasteiger partial charge in [-0.1, -0.05) is 11.6 Å². The molecule has 1 N–H and O–H groups in total. The number of rotatable bonds is 3. The highest BCUT2D eigenvalue weighted by Gasteiger charge is 2.24. The highest BCUT2D eigenvalue weighted by Crippen LogP contribution is 2.32. The number of urea groups is 1. The van der Waals surface area contributed by atoms with Gasteiger partial charge in [0.15, 0.2) is 17.5 Å². The molecule has 1 aliphatic rings. The van der Waals surface area contributed by atoms with Crippen LogP contribution >= 0.6 is 11.6 Å². The summed E-state index contributed by atoms with van der Waals surface area (Å²) in [5.41, 5.74) is 0.412. The zero-order valence-electron chi connectivity index (χ0n) is 14.4. The average molecular weight is 400 g/mol. The van der Waals surface area contributed by atoms with Crippen LogP contribution in [0.15, 0.2) is 30.3 Å². The van der Waals surface area contributed by atoms with E-state index < -0.39 is 29.2 Å². The molecule has 9 heteroatoms. The van der Waals surface area contributed by atoms with Crippen LogP contribution in [0.2, 0.25) is 5.02 Å². The Morgan fingerprint density at radius 2 is 1.78 bits per heavy atom. The lowest BCUT2D eigenvalue weighted by atomic mass is 10.2. The van der Waals surface area contributed by atoms with E-state index in [2.05, 4.69) is 5.32 Å². The van der Waals surface area contributed by atoms with E-state index in [0.29, 0.717) is 37.0 Å². The predicted molar refractivity (Wildman–Crippen MR) is 97.1 cm³/mol. The smallest absolute Gasteiger partial charge is 0.322 e. The van der Waals surface area contributed by atoms with Crippen molar-refractivity contribution in [1.29, 1.82) is 0 Å². The molecule has 0 radical (unpaired) electrons. The third-order valence-corrected chi connectivity index (χ3v) is 4.56. The van der Waals surface area contributed by atoms with Gasteiger partial charge in [-0.2, -0.15) is 0 Å². The fraction of sp³-hybridized carbons (Fsp3) is 0.278. The molecule has 1 fully saturated rings. The lowest BCUT2D eigenvalue weighted by molar-refractivity contribution is 0.208. The van der Waals surface area contributed by atoms with E-state index in [0.717, 1.165) is 17.8 Å². The quantitative estimate of drug-likeness (QED) is 0.790. The van der Waals surface area contributed by atoms with E-state index in [4.69, 9.17) is 16.3 Å². The molecule has 2 aromatic rings. The predicted octanol–water partition coefficient (Wildman–Crippen LogP) is 4.12. The van der Waals surface area contributed by atoms with Crippen LogP contribution in [0.1, 0.15) is 0 Å². The molecule has 0 unspecified atom stereocenters. The number of ether oxygens (including phenoxy) is 1. The summed E-state index contributed by atoms with van der Waals surface area (Å²) < 4.78 is 45.3. The van der Waals surface area contributed by atoms with E-state index >= 15 is 0 Å². The van der Waals surface area contributed by atoms with Crippen molar-refractivity contribution in [2.75, 3.05) is 43.5 Å². The molecular formula is C18H17ClF3N3O2. The number of carbonyl (C=O) groups excluding carboxylic acids is 1. The molecular weight excluding hydrogens is 383 g/mol. The van der Waals surface area contributed by atoms with Crippen LogP contribution in [0.3, 0.4) is 0 Å². The van der Waals surface area contributed by atoms with Gasteiger partial charge in [0, 0.05) is 31.2 Å². The molecule has 0 aliphatic carbocycles. The molecule has 0 atom stereocenters. The maximum absolute atomic E-state index is 13.7. The van der Waals surface area contributed by atoms with Gasteiger partial charge in [0.1, 0.15) is 5.75 Å². The third kappa shape index (κ3) is 4.05. The second kappa shape index (κ2) is 7.96. The molecule has 3 rings (SSSR count). The number of anilines is 2. The number of halogens is 4. The summed E-state index contributed by atoms with van der Waals surface area (Å²) >= 11 is 6.05. The van der Waals surface area contributed by atoms with Gasteiger partial charge in [0.05, 0.1) is 18.5 Å². The standard InChI is InChI=1S/C18H17ClF3N3O2/c1-27-15-5-2-11(19)10-14(15)24-6-8-25(9-7-24)18(26)23-13-4-3-12(20)16(21)17(13)22/h2-5,10H,6-9H2,1H3,(H,23,26). The van der Waals surface area contributed by atoms with Crippen molar-refractivity contribution in [1.82, 2.24) is 4.90 Å². The molecule has 2 aromatic carbocycles. The fourth-order valence-corrected chi connectivity index (χ4v) is 3.04. The lowest BCUT2D eigenvalue weighted by Crippen LogP contribution is -2.50. The SMILES string of the molecule is COc1ccc(Cl)cc1N1CCN(C(=O)Nc2ccc(F)c(F)c2F)CC1. The highest BCUT2D eigenvalue weighted by molar-refractivity contribution is 6.30. The van der Waals surface area contributed by atoms with Crippen molar-refractivity contribution in [3.05, 3.63) is 52.8 Å². The Kier molecular flexibility index (Phi) is 5.65. The number of benzene rings is 2. The molecule has 144 valence electrons. The molecule has 0 aromatic heterocycles. The van der Waals surface area contributed by atoms with Crippen LogP contribution < -0.4 is 15.0 Å². The Labute approximate surface area is 159 Å². The fourth-order valence-electron chi connectivity index (χ4n) is 2.88.